The number of hydrogen-bond donors (Lipinski definition) is 2. The van der Waals surface area contributed by atoms with Crippen molar-refractivity contribution >= 4 is 6.21 Å². The van der Waals surface area contributed by atoms with Gasteiger partial charge in [0.15, 0.2) is 11.5 Å². The summed E-state index contributed by atoms with van der Waals surface area (Å²) in [7, 11) is 1.64. The van der Waals surface area contributed by atoms with Crippen molar-refractivity contribution in [3.05, 3.63) is 23.8 Å². The van der Waals surface area contributed by atoms with E-state index in [1.54, 1.807) is 13.3 Å². The van der Waals surface area contributed by atoms with E-state index in [1.807, 2.05) is 32.0 Å². The Hall–Kier alpha value is -1.87. The summed E-state index contributed by atoms with van der Waals surface area (Å²) in [6.07, 6.45) is 6.14. The summed E-state index contributed by atoms with van der Waals surface area (Å²) in [5.74, 6) is 1.44. The fraction of sp³-hybridized carbons (Fsp3) is 0.682. The molecule has 8 nitrogen and oxygen atoms in total. The molecule has 1 aromatic carbocycles. The molecule has 1 heterocycles. The van der Waals surface area contributed by atoms with Crippen LogP contribution in [0, 0.1) is 0 Å². The van der Waals surface area contributed by atoms with E-state index in [1.165, 1.54) is 12.8 Å². The van der Waals surface area contributed by atoms with Gasteiger partial charge in [0.2, 0.25) is 0 Å². The first-order valence-electron chi connectivity index (χ1n) is 10.9. The van der Waals surface area contributed by atoms with Crippen LogP contribution in [0.5, 0.6) is 11.5 Å². The predicted molar refractivity (Wildman–Crippen MR) is 115 cm³/mol. The maximum absolute atomic E-state index is 10.1. The number of hydrazine groups is 1. The molecule has 3 unspecified atom stereocenters. The maximum atomic E-state index is 10.1. The van der Waals surface area contributed by atoms with Crippen LogP contribution in [-0.2, 0) is 9.57 Å². The van der Waals surface area contributed by atoms with Crippen LogP contribution in [-0.4, -0.2) is 74.1 Å². The van der Waals surface area contributed by atoms with Crippen LogP contribution >= 0.6 is 0 Å². The number of aliphatic hydroxyl groups excluding tert-OH is 1. The number of ether oxygens (including phenoxy) is 3. The van der Waals surface area contributed by atoms with Gasteiger partial charge in [0.25, 0.3) is 0 Å². The van der Waals surface area contributed by atoms with E-state index < -0.39 is 6.10 Å². The summed E-state index contributed by atoms with van der Waals surface area (Å²) in [4.78, 5) is 5.28. The molecular formula is C22H35N3O5. The molecule has 0 radical (unpaired) electrons. The van der Waals surface area contributed by atoms with Crippen LogP contribution in [0.3, 0.4) is 0 Å². The zero-order chi connectivity index (χ0) is 21.3. The van der Waals surface area contributed by atoms with E-state index in [0.717, 1.165) is 37.2 Å². The SMILES string of the molecule is COc1ccc(/C=N/OCC(O)CNN2CC(C)OC(C)C2)cc1OC1CCCC1. The van der Waals surface area contributed by atoms with Crippen LogP contribution < -0.4 is 14.9 Å². The molecule has 0 amide bonds. The highest BCUT2D eigenvalue weighted by atomic mass is 16.6. The maximum Gasteiger partial charge on any atom is 0.162 e. The van der Waals surface area contributed by atoms with Crippen LogP contribution in [0.4, 0.5) is 0 Å². The lowest BCUT2D eigenvalue weighted by Crippen LogP contribution is -2.53. The highest BCUT2D eigenvalue weighted by Crippen LogP contribution is 2.32. The van der Waals surface area contributed by atoms with Crippen LogP contribution in [0.15, 0.2) is 23.4 Å². The number of nitrogens with one attached hydrogen (secondary N) is 1. The smallest absolute Gasteiger partial charge is 0.162 e. The number of morpholine rings is 1. The Bertz CT molecular complexity index is 671. The first-order chi connectivity index (χ1) is 14.5. The van der Waals surface area contributed by atoms with Crippen molar-refractivity contribution < 1.29 is 24.2 Å². The fourth-order valence-electron chi connectivity index (χ4n) is 3.88. The Morgan fingerprint density at radius 2 is 1.97 bits per heavy atom. The van der Waals surface area contributed by atoms with Gasteiger partial charge in [-0.15, -0.1) is 0 Å². The third-order valence-electron chi connectivity index (χ3n) is 5.30. The van der Waals surface area contributed by atoms with Crippen LogP contribution in [0.25, 0.3) is 0 Å². The van der Waals surface area contributed by atoms with E-state index in [0.29, 0.717) is 12.3 Å². The Morgan fingerprint density at radius 3 is 2.67 bits per heavy atom. The molecular weight excluding hydrogens is 386 g/mol. The Balaban J connectivity index is 1.42. The second kappa shape index (κ2) is 11.5. The van der Waals surface area contributed by atoms with Gasteiger partial charge in [-0.05, 0) is 57.7 Å². The summed E-state index contributed by atoms with van der Waals surface area (Å²) in [6.45, 7) is 6.18. The van der Waals surface area contributed by atoms with Crippen molar-refractivity contribution in [2.24, 2.45) is 5.16 Å². The standard InChI is InChI=1S/C22H35N3O5/c1-16-13-25(14-17(2)29-16)23-12-19(26)15-28-24-11-18-8-9-21(27-3)22(10-18)30-20-6-4-5-7-20/h8-11,16-17,19-20,23,26H,4-7,12-15H2,1-3H3/b24-11+. The molecule has 2 N–H and O–H groups in total. The molecule has 2 aliphatic rings. The van der Waals surface area contributed by atoms with Gasteiger partial charge in [-0.2, -0.15) is 0 Å². The largest absolute Gasteiger partial charge is 0.493 e. The number of aliphatic hydroxyl groups is 1. The predicted octanol–water partition coefficient (Wildman–Crippen LogP) is 2.34. The number of nitrogens with zero attached hydrogens (tertiary/aromatic N) is 2. The molecule has 1 saturated carbocycles. The van der Waals surface area contributed by atoms with E-state index in [2.05, 4.69) is 15.6 Å². The molecule has 1 saturated heterocycles. The zero-order valence-electron chi connectivity index (χ0n) is 18.3. The number of benzene rings is 1. The average Bonchev–Trinajstić information content (AvgIpc) is 3.22. The summed E-state index contributed by atoms with van der Waals surface area (Å²) in [6, 6.07) is 5.67. The van der Waals surface area contributed by atoms with Crippen LogP contribution in [0.2, 0.25) is 0 Å². The summed E-state index contributed by atoms with van der Waals surface area (Å²) in [5, 5.41) is 16.2. The summed E-state index contributed by atoms with van der Waals surface area (Å²) in [5.41, 5.74) is 4.09. The molecule has 0 aromatic heterocycles. The van der Waals surface area contributed by atoms with Gasteiger partial charge in [-0.1, -0.05) is 5.16 Å². The molecule has 1 aromatic rings. The van der Waals surface area contributed by atoms with Crippen molar-refractivity contribution in [2.45, 2.75) is 63.9 Å². The molecule has 2 fully saturated rings. The Kier molecular flexibility index (Phi) is 8.74. The van der Waals surface area contributed by atoms with E-state index in [9.17, 15) is 5.11 Å². The van der Waals surface area contributed by atoms with Gasteiger partial charge in [0.1, 0.15) is 12.7 Å². The quantitative estimate of drug-likeness (QED) is 0.443. The number of oxime groups is 1. The molecule has 1 aliphatic heterocycles. The molecule has 168 valence electrons. The second-order valence-corrected chi connectivity index (χ2v) is 8.14. The lowest BCUT2D eigenvalue weighted by Gasteiger charge is -2.35. The molecule has 0 spiro atoms. The number of hydrogen-bond acceptors (Lipinski definition) is 8. The number of rotatable bonds is 10. The molecule has 3 atom stereocenters. The van der Waals surface area contributed by atoms with Gasteiger partial charge in [0.05, 0.1) is 31.6 Å². The van der Waals surface area contributed by atoms with Crippen molar-refractivity contribution in [3.63, 3.8) is 0 Å². The van der Waals surface area contributed by atoms with Crippen LogP contribution in [0.1, 0.15) is 45.1 Å². The molecule has 1 aliphatic carbocycles. The first kappa shape index (κ1) is 22.8. The van der Waals surface area contributed by atoms with Gasteiger partial charge in [0, 0.05) is 25.2 Å². The van der Waals surface area contributed by atoms with Gasteiger partial charge < -0.3 is 24.2 Å². The minimum Gasteiger partial charge on any atom is -0.493 e. The fourth-order valence-corrected chi connectivity index (χ4v) is 3.88. The van der Waals surface area contributed by atoms with Gasteiger partial charge in [-0.25, -0.2) is 5.01 Å². The molecule has 30 heavy (non-hydrogen) atoms. The Morgan fingerprint density at radius 1 is 1.23 bits per heavy atom. The normalized spacial score (nSPS) is 24.3. The minimum atomic E-state index is -0.660. The molecule has 0 bridgehead atoms. The summed E-state index contributed by atoms with van der Waals surface area (Å²) >= 11 is 0. The zero-order valence-corrected chi connectivity index (χ0v) is 18.3. The summed E-state index contributed by atoms with van der Waals surface area (Å²) < 4.78 is 17.2. The lowest BCUT2D eigenvalue weighted by atomic mass is 10.2. The van der Waals surface area contributed by atoms with E-state index in [4.69, 9.17) is 19.0 Å². The molecule has 8 heteroatoms. The van der Waals surface area contributed by atoms with Crippen molar-refractivity contribution in [3.8, 4) is 11.5 Å². The first-order valence-corrected chi connectivity index (χ1v) is 10.9. The van der Waals surface area contributed by atoms with Crippen molar-refractivity contribution in [1.82, 2.24) is 10.4 Å². The topological polar surface area (TPSA) is 84.8 Å². The third kappa shape index (κ3) is 7.12. The third-order valence-corrected chi connectivity index (χ3v) is 5.30. The van der Waals surface area contributed by atoms with Crippen molar-refractivity contribution in [2.75, 3.05) is 33.4 Å². The van der Waals surface area contributed by atoms with Crippen molar-refractivity contribution in [1.29, 1.82) is 0 Å². The van der Waals surface area contributed by atoms with E-state index in [-0.39, 0.29) is 24.9 Å². The molecule has 3 rings (SSSR count). The number of methoxy groups -OCH3 is 1. The average molecular weight is 422 g/mol. The second-order valence-electron chi connectivity index (χ2n) is 8.14. The minimum absolute atomic E-state index is 0.112. The highest BCUT2D eigenvalue weighted by Gasteiger charge is 2.22. The Labute approximate surface area is 179 Å². The lowest BCUT2D eigenvalue weighted by molar-refractivity contribution is -0.0885. The highest BCUT2D eigenvalue weighted by molar-refractivity contribution is 5.80. The van der Waals surface area contributed by atoms with Gasteiger partial charge >= 0.3 is 0 Å². The van der Waals surface area contributed by atoms with Gasteiger partial charge in [-0.3, -0.25) is 5.43 Å². The van der Waals surface area contributed by atoms with E-state index >= 15 is 0 Å². The monoisotopic (exact) mass is 421 g/mol.